The van der Waals surface area contributed by atoms with E-state index in [0.717, 1.165) is 12.1 Å². The van der Waals surface area contributed by atoms with Gasteiger partial charge in [0.05, 0.1) is 11.3 Å². The molecule has 4 rings (SSSR count). The summed E-state index contributed by atoms with van der Waals surface area (Å²) in [6.45, 7) is 2.56. The number of carbonyl (C=O) groups is 1. The quantitative estimate of drug-likeness (QED) is 0.826. The van der Waals surface area contributed by atoms with Gasteiger partial charge in [0.25, 0.3) is 5.91 Å². The van der Waals surface area contributed by atoms with E-state index in [1.807, 2.05) is 0 Å². The number of ether oxygens (including phenoxy) is 2. The Bertz CT molecular complexity index is 836. The van der Waals surface area contributed by atoms with Gasteiger partial charge in [-0.1, -0.05) is 6.07 Å². The third-order valence-corrected chi connectivity index (χ3v) is 4.61. The molecule has 2 aliphatic rings. The summed E-state index contributed by atoms with van der Waals surface area (Å²) in [5.74, 6) is -0.0431. The third kappa shape index (κ3) is 3.05. The molecule has 0 aliphatic carbocycles. The summed E-state index contributed by atoms with van der Waals surface area (Å²) in [5.41, 5.74) is 0.693. The van der Waals surface area contributed by atoms with Crippen LogP contribution in [0.15, 0.2) is 36.4 Å². The molecule has 0 saturated carbocycles. The summed E-state index contributed by atoms with van der Waals surface area (Å²) in [4.78, 5) is 16.3. The number of anilines is 1. The molecule has 5 nitrogen and oxygen atoms in total. The fraction of sp³-hybridized carbons (Fsp3) is 0.316. The van der Waals surface area contributed by atoms with Gasteiger partial charge in [-0.2, -0.15) is 0 Å². The van der Waals surface area contributed by atoms with Gasteiger partial charge in [-0.25, -0.2) is 8.78 Å². The predicted molar refractivity (Wildman–Crippen MR) is 91.9 cm³/mol. The third-order valence-electron chi connectivity index (χ3n) is 4.61. The Kier molecular flexibility index (Phi) is 4.36. The zero-order valence-electron chi connectivity index (χ0n) is 14.1. The molecule has 0 atom stereocenters. The lowest BCUT2D eigenvalue weighted by Crippen LogP contribution is -2.49. The minimum Gasteiger partial charge on any atom is -0.486 e. The zero-order valence-corrected chi connectivity index (χ0v) is 14.1. The molecule has 0 unspecified atom stereocenters. The minimum atomic E-state index is -0.479. The van der Waals surface area contributed by atoms with Crippen LogP contribution in [0, 0.1) is 11.6 Å². The maximum absolute atomic E-state index is 13.9. The fourth-order valence-corrected chi connectivity index (χ4v) is 3.29. The highest BCUT2D eigenvalue weighted by molar-refractivity contribution is 5.98. The van der Waals surface area contributed by atoms with Gasteiger partial charge in [0.15, 0.2) is 11.5 Å². The van der Waals surface area contributed by atoms with Crippen molar-refractivity contribution in [1.82, 2.24) is 4.90 Å². The largest absolute Gasteiger partial charge is 0.486 e. The van der Waals surface area contributed by atoms with Crippen molar-refractivity contribution in [1.29, 1.82) is 0 Å². The summed E-state index contributed by atoms with van der Waals surface area (Å²) < 4.78 is 38.5. The van der Waals surface area contributed by atoms with Crippen molar-refractivity contribution >= 4 is 11.6 Å². The first-order valence-corrected chi connectivity index (χ1v) is 8.51. The summed E-state index contributed by atoms with van der Waals surface area (Å²) in [5, 5.41) is 0. The van der Waals surface area contributed by atoms with Crippen molar-refractivity contribution < 1.29 is 23.0 Å². The standard InChI is InChI=1S/C19H18F2N2O3/c20-13-4-5-15(21)16(12-13)22-6-8-23(9-7-22)19(24)14-2-1-3-17-18(14)26-11-10-25-17/h1-5,12H,6-11H2. The SMILES string of the molecule is O=C(c1cccc2c1OCCO2)N1CCN(c2cc(F)ccc2F)CC1. The normalized spacial score (nSPS) is 16.5. The number of hydrogen-bond acceptors (Lipinski definition) is 4. The number of nitrogens with zero attached hydrogens (tertiary/aromatic N) is 2. The van der Waals surface area contributed by atoms with Crippen molar-refractivity contribution in [2.45, 2.75) is 0 Å². The van der Waals surface area contributed by atoms with Gasteiger partial charge in [0.2, 0.25) is 0 Å². The smallest absolute Gasteiger partial charge is 0.257 e. The summed E-state index contributed by atoms with van der Waals surface area (Å²) in [7, 11) is 0. The van der Waals surface area contributed by atoms with Crippen molar-refractivity contribution in [2.24, 2.45) is 0 Å². The first-order chi connectivity index (χ1) is 12.6. The molecular weight excluding hydrogens is 342 g/mol. The van der Waals surface area contributed by atoms with E-state index >= 15 is 0 Å². The van der Waals surface area contributed by atoms with E-state index in [2.05, 4.69) is 0 Å². The second kappa shape index (κ2) is 6.82. The van der Waals surface area contributed by atoms with Gasteiger partial charge in [-0.15, -0.1) is 0 Å². The number of piperazine rings is 1. The Balaban J connectivity index is 1.48. The van der Waals surface area contributed by atoms with E-state index in [1.165, 1.54) is 6.07 Å². The Morgan fingerprint density at radius 1 is 0.962 bits per heavy atom. The molecule has 0 bridgehead atoms. The molecule has 1 amide bonds. The van der Waals surface area contributed by atoms with E-state index in [9.17, 15) is 13.6 Å². The van der Waals surface area contributed by atoms with Crippen LogP contribution in [0.3, 0.4) is 0 Å². The first kappa shape index (κ1) is 16.6. The lowest BCUT2D eigenvalue weighted by atomic mass is 10.1. The highest BCUT2D eigenvalue weighted by Crippen LogP contribution is 2.34. The maximum atomic E-state index is 13.9. The molecule has 0 spiro atoms. The molecule has 0 N–H and O–H groups in total. The lowest BCUT2D eigenvalue weighted by molar-refractivity contribution is 0.0736. The molecule has 2 aliphatic heterocycles. The van der Waals surface area contributed by atoms with E-state index in [1.54, 1.807) is 28.0 Å². The number of halogens is 2. The predicted octanol–water partition coefficient (Wildman–Crippen LogP) is 2.70. The molecule has 1 saturated heterocycles. The molecule has 26 heavy (non-hydrogen) atoms. The number of rotatable bonds is 2. The molecule has 0 aromatic heterocycles. The number of fused-ring (bicyclic) bond motifs is 1. The molecule has 0 radical (unpaired) electrons. The van der Waals surface area contributed by atoms with Gasteiger partial charge in [0.1, 0.15) is 24.8 Å². The van der Waals surface area contributed by atoms with Gasteiger partial charge in [-0.3, -0.25) is 4.79 Å². The summed E-state index contributed by atoms with van der Waals surface area (Å²) >= 11 is 0. The molecule has 136 valence electrons. The Morgan fingerprint density at radius 3 is 2.54 bits per heavy atom. The van der Waals surface area contributed by atoms with Crippen molar-refractivity contribution in [3.05, 3.63) is 53.6 Å². The van der Waals surface area contributed by atoms with Gasteiger partial charge in [0, 0.05) is 32.2 Å². The monoisotopic (exact) mass is 360 g/mol. The highest BCUT2D eigenvalue weighted by Gasteiger charge is 2.27. The van der Waals surface area contributed by atoms with E-state index in [-0.39, 0.29) is 11.6 Å². The topological polar surface area (TPSA) is 42.0 Å². The average Bonchev–Trinajstić information content (AvgIpc) is 2.69. The molecular formula is C19H18F2N2O3. The van der Waals surface area contributed by atoms with E-state index in [4.69, 9.17) is 9.47 Å². The van der Waals surface area contributed by atoms with Crippen LogP contribution in [0.4, 0.5) is 14.5 Å². The van der Waals surface area contributed by atoms with Crippen LogP contribution >= 0.6 is 0 Å². The first-order valence-electron chi connectivity index (χ1n) is 8.51. The highest BCUT2D eigenvalue weighted by atomic mass is 19.1. The number of para-hydroxylation sites is 1. The second-order valence-electron chi connectivity index (χ2n) is 6.20. The number of benzene rings is 2. The molecule has 2 aromatic rings. The zero-order chi connectivity index (χ0) is 18.1. The van der Waals surface area contributed by atoms with E-state index in [0.29, 0.717) is 56.5 Å². The molecule has 2 aromatic carbocycles. The summed E-state index contributed by atoms with van der Waals surface area (Å²) in [6.07, 6.45) is 0. The van der Waals surface area contributed by atoms with Crippen LogP contribution in [0.25, 0.3) is 0 Å². The number of carbonyl (C=O) groups excluding carboxylic acids is 1. The Hall–Kier alpha value is -2.83. The molecule has 2 heterocycles. The fourth-order valence-electron chi connectivity index (χ4n) is 3.29. The second-order valence-corrected chi connectivity index (χ2v) is 6.20. The van der Waals surface area contributed by atoms with E-state index < -0.39 is 11.6 Å². The Labute approximate surface area is 149 Å². The van der Waals surface area contributed by atoms with Crippen molar-refractivity contribution in [2.75, 3.05) is 44.3 Å². The molecule has 1 fully saturated rings. The maximum Gasteiger partial charge on any atom is 0.257 e. The number of amides is 1. The van der Waals surface area contributed by atoms with Crippen molar-refractivity contribution in [3.8, 4) is 11.5 Å². The van der Waals surface area contributed by atoms with Crippen LogP contribution in [0.1, 0.15) is 10.4 Å². The van der Waals surface area contributed by atoms with Crippen molar-refractivity contribution in [3.63, 3.8) is 0 Å². The van der Waals surface area contributed by atoms with Gasteiger partial charge in [-0.05, 0) is 24.3 Å². The van der Waals surface area contributed by atoms with Gasteiger partial charge >= 0.3 is 0 Å². The average molecular weight is 360 g/mol. The lowest BCUT2D eigenvalue weighted by Gasteiger charge is -2.36. The Morgan fingerprint density at radius 2 is 1.73 bits per heavy atom. The van der Waals surface area contributed by atoms with Crippen LogP contribution in [-0.2, 0) is 0 Å². The minimum absolute atomic E-state index is 0.147. The van der Waals surface area contributed by atoms with Crippen LogP contribution in [0.5, 0.6) is 11.5 Å². The summed E-state index contributed by atoms with van der Waals surface area (Å²) in [6, 6.07) is 8.66. The number of hydrogen-bond donors (Lipinski definition) is 0. The van der Waals surface area contributed by atoms with Gasteiger partial charge < -0.3 is 19.3 Å². The van der Waals surface area contributed by atoms with Crippen LogP contribution in [-0.4, -0.2) is 50.2 Å². The van der Waals surface area contributed by atoms with Crippen LogP contribution in [0.2, 0.25) is 0 Å². The van der Waals surface area contributed by atoms with Crippen LogP contribution < -0.4 is 14.4 Å². The molecule has 7 heteroatoms.